The molecule has 6 heteroatoms. The predicted octanol–water partition coefficient (Wildman–Crippen LogP) is 44.7. The summed E-state index contributed by atoms with van der Waals surface area (Å²) in [5.41, 5.74) is 0. The molecule has 0 aromatic heterocycles. The van der Waals surface area contributed by atoms with Gasteiger partial charge in [0.05, 0.1) is 0 Å². The first-order valence-corrected chi connectivity index (χ1v) is 49.1. The summed E-state index contributed by atoms with van der Waals surface area (Å²) >= 11 is 0. The summed E-state index contributed by atoms with van der Waals surface area (Å²) in [5, 5.41) is 40.3. The molecule has 0 saturated heterocycles. The third-order valence-corrected chi connectivity index (χ3v) is 22.1. The van der Waals surface area contributed by atoms with E-state index >= 15 is 0 Å². The van der Waals surface area contributed by atoms with Gasteiger partial charge in [0.1, 0.15) is 0 Å². The summed E-state index contributed by atoms with van der Waals surface area (Å²) < 4.78 is 0. The van der Waals surface area contributed by atoms with Gasteiger partial charge >= 0.3 is 0 Å². The average Bonchev–Trinajstić information content (AvgIpc) is 0.754. The molecular weight excluding hydrogens is 2830 g/mol. The van der Waals surface area contributed by atoms with Crippen molar-refractivity contribution in [3.05, 3.63) is 627 Å². The fourth-order valence-electron chi connectivity index (χ4n) is 16.2. The fraction of sp³-hybridized carbons (Fsp3) is 0.0833. The van der Waals surface area contributed by atoms with E-state index in [1.54, 1.807) is 0 Å². The monoisotopic (exact) mass is 2980 g/mol. The minimum atomic E-state index is 0. The summed E-state index contributed by atoms with van der Waals surface area (Å²) in [5.74, 6) is 0. The van der Waals surface area contributed by atoms with Crippen LogP contribution < -0.4 is 0 Å². The van der Waals surface area contributed by atoms with E-state index in [1.807, 2.05) is 301 Å². The van der Waals surface area contributed by atoms with Crippen LogP contribution in [0.5, 0.6) is 0 Å². The second-order valence-electron chi connectivity index (χ2n) is 30.3. The third kappa shape index (κ3) is 41.8. The van der Waals surface area contributed by atoms with E-state index in [2.05, 4.69) is 364 Å². The van der Waals surface area contributed by atoms with Crippen LogP contribution in [0.2, 0.25) is 0 Å². The Hall–Kier alpha value is -12.3. The van der Waals surface area contributed by atoms with Crippen LogP contribution in [-0.4, -0.2) is 0 Å². The molecule has 0 bridgehead atoms. The maximum Gasteiger partial charge on any atom is 0 e. The molecule has 0 radical (unpaired) electrons. The molecule has 0 N–H and O–H groups in total. The SMILES string of the molecule is CC.CC.CC.CC.CC.CC.[CH3-].[CH3-].[CH3-].[CH3-].[CH3-].[CH3-].[W].[W].[W].[W].[W].[W].c1cc2ccc3cccc4ccc(c1)c2c34.c1cc2ccc3cccc4ccc(c1)c2c34.c1cc2ccc3cccc4ccc(c1)c2c34.c1ccc2c(c1)ccc1ccccc12.c1ccc2c(c1)ccc1ccccc12.c1ccc2c(c1)ccc1ccccc12.c1ccccc1.c1ccccc1.c1ccccc1.c1ccccc1.c1ccccc1.c1ccccc1. The van der Waals surface area contributed by atoms with E-state index < -0.39 is 0 Å². The molecule has 0 saturated carbocycles. The second kappa shape index (κ2) is 83.5. The van der Waals surface area contributed by atoms with Crippen molar-refractivity contribution in [1.29, 1.82) is 0 Å². The van der Waals surface area contributed by atoms with E-state index in [0.29, 0.717) is 0 Å². The Labute approximate surface area is 987 Å². The van der Waals surface area contributed by atoms with Crippen molar-refractivity contribution in [2.24, 2.45) is 0 Å². The number of fused-ring (bicyclic) bond motifs is 9. The van der Waals surface area contributed by atoms with Crippen LogP contribution in [0.25, 0.3) is 162 Å². The zero-order valence-corrected chi connectivity index (χ0v) is 108. The van der Waals surface area contributed by atoms with E-state index in [-0.39, 0.29) is 171 Å². The first-order valence-electron chi connectivity index (χ1n) is 49.1. The fourth-order valence-corrected chi connectivity index (χ4v) is 16.2. The maximum atomic E-state index is 2.21. The Bertz CT molecular complexity index is 6350. The van der Waals surface area contributed by atoms with Gasteiger partial charge in [-0.2, -0.15) is 0 Å². The molecule has 27 rings (SSSR count). The Morgan fingerprint density at radius 3 is 0.227 bits per heavy atom. The summed E-state index contributed by atoms with van der Waals surface area (Å²) in [6.07, 6.45) is 0. The molecule has 27 aromatic rings. The van der Waals surface area contributed by atoms with Gasteiger partial charge in [-0.25, -0.2) is 0 Å². The molecule has 150 heavy (non-hydrogen) atoms. The molecule has 0 atom stereocenters. The first-order chi connectivity index (χ1) is 68.6. The summed E-state index contributed by atoms with van der Waals surface area (Å²) in [7, 11) is 0. The largest absolute Gasteiger partial charge is 0.358 e. The molecule has 0 unspecified atom stereocenters. The van der Waals surface area contributed by atoms with Crippen LogP contribution in [0.1, 0.15) is 83.1 Å². The van der Waals surface area contributed by atoms with Crippen molar-refractivity contribution in [2.45, 2.75) is 83.1 Å². The van der Waals surface area contributed by atoms with E-state index in [1.165, 1.54) is 162 Å². The molecule has 0 fully saturated rings. The van der Waals surface area contributed by atoms with E-state index in [0.717, 1.165) is 0 Å². The minimum absolute atomic E-state index is 0. The summed E-state index contributed by atoms with van der Waals surface area (Å²) in [6.45, 7) is 24.0. The van der Waals surface area contributed by atoms with Gasteiger partial charge < -0.3 is 44.6 Å². The molecule has 0 aliphatic heterocycles. The normalized spacial score (nSPS) is 8.96. The molecule has 0 amide bonds. The summed E-state index contributed by atoms with van der Waals surface area (Å²) in [4.78, 5) is 0. The molecule has 0 heterocycles. The molecule has 0 spiro atoms. The van der Waals surface area contributed by atoms with Crippen LogP contribution in [0.3, 0.4) is 0 Å². The molecule has 27 aromatic carbocycles. The average molecular weight is 2980 g/mol. The second-order valence-corrected chi connectivity index (χ2v) is 30.3. The van der Waals surface area contributed by atoms with Crippen molar-refractivity contribution in [3.8, 4) is 0 Å². The van der Waals surface area contributed by atoms with E-state index in [4.69, 9.17) is 0 Å². The number of rotatable bonds is 0. The minimum Gasteiger partial charge on any atom is -0.358 e. The van der Waals surface area contributed by atoms with Crippen molar-refractivity contribution in [2.75, 3.05) is 0 Å². The van der Waals surface area contributed by atoms with Crippen LogP contribution >= 0.6 is 0 Å². The molecule has 768 valence electrons. The van der Waals surface area contributed by atoms with Crippen molar-refractivity contribution < 1.29 is 126 Å². The van der Waals surface area contributed by atoms with Gasteiger partial charge in [0.25, 0.3) is 0 Å². The first kappa shape index (κ1) is 142. The Balaban J connectivity index is -0.00000157. The van der Waals surface area contributed by atoms with Gasteiger partial charge in [-0.1, -0.05) is 665 Å². The molecule has 0 aliphatic carbocycles. The molecule has 0 aliphatic rings. The maximum absolute atomic E-state index is 2.21. The van der Waals surface area contributed by atoms with Gasteiger partial charge in [0.2, 0.25) is 0 Å². The van der Waals surface area contributed by atoms with E-state index in [9.17, 15) is 0 Å². The zero-order chi connectivity index (χ0) is 97.2. The summed E-state index contributed by atoms with van der Waals surface area (Å²) in [6, 6.07) is 202. The number of benzene rings is 27. The van der Waals surface area contributed by atoms with Gasteiger partial charge in [-0.15, -0.1) is 0 Å². The smallest absolute Gasteiger partial charge is 0 e. The van der Waals surface area contributed by atoms with Crippen LogP contribution in [0.15, 0.2) is 582 Å². The Morgan fingerprint density at radius 1 is 0.0733 bits per heavy atom. The standard InChI is InChI=1S/3C16H10.3C14H10.6C6H6.6C2H6.6CH3.6W/c3*1-3-11-7-9-13-5-2-6-14-10-8-12(4-1)15(11)16(13)14;3*1-3-7-13-11(5-1)9-10-12-6-2-4-8-14(12)13;6*1-2-4-6-5-3-1;6*1-2;;;;;;;;;;;;/h3*1-10H;3*1-10H;6*1-6H;6*1-2H3;6*1H3;;;;;;/q;;;;;;;;;;;;;;;;;;6*-1;;;;;;. The Kier molecular flexibility index (Phi) is 79.0. The van der Waals surface area contributed by atoms with Crippen LogP contribution in [0.4, 0.5) is 0 Å². The van der Waals surface area contributed by atoms with Gasteiger partial charge in [-0.05, 0) is 162 Å². The van der Waals surface area contributed by atoms with Crippen LogP contribution in [0, 0.1) is 44.6 Å². The predicted molar refractivity (Wildman–Crippen MR) is 660 cm³/mol. The molecule has 0 nitrogen and oxygen atoms in total. The Morgan fingerprint density at radius 2 is 0.140 bits per heavy atom. The zero-order valence-electron chi connectivity index (χ0n) is 90.9. The molecular formula is C144H150W6-6. The number of hydrogen-bond acceptors (Lipinski definition) is 0. The van der Waals surface area contributed by atoms with Crippen molar-refractivity contribution >= 4 is 162 Å². The van der Waals surface area contributed by atoms with Crippen molar-refractivity contribution in [1.82, 2.24) is 0 Å². The quantitative estimate of drug-likeness (QED) is 0.105. The van der Waals surface area contributed by atoms with Gasteiger partial charge in [0.15, 0.2) is 0 Å². The van der Waals surface area contributed by atoms with Crippen molar-refractivity contribution in [3.63, 3.8) is 0 Å². The van der Waals surface area contributed by atoms with Gasteiger partial charge in [-0.3, -0.25) is 0 Å². The topological polar surface area (TPSA) is 0 Å². The third-order valence-electron chi connectivity index (χ3n) is 22.1. The van der Waals surface area contributed by atoms with Gasteiger partial charge in [0, 0.05) is 126 Å². The van der Waals surface area contributed by atoms with Crippen LogP contribution in [-0.2, 0) is 126 Å². The number of hydrogen-bond donors (Lipinski definition) is 0.